The summed E-state index contributed by atoms with van der Waals surface area (Å²) in [6.45, 7) is 1.90. The minimum Gasteiger partial charge on any atom is -0.319 e. The van der Waals surface area contributed by atoms with Crippen LogP contribution in [0.2, 0.25) is 0 Å². The van der Waals surface area contributed by atoms with Gasteiger partial charge in [0.1, 0.15) is 0 Å². The van der Waals surface area contributed by atoms with E-state index in [4.69, 9.17) is 0 Å². The highest BCUT2D eigenvalue weighted by Gasteiger charge is 2.16. The molecule has 2 aromatic carbocycles. The molecule has 0 aliphatic carbocycles. The molecule has 3 aromatic rings. The summed E-state index contributed by atoms with van der Waals surface area (Å²) in [4.78, 5) is 12.1. The van der Waals surface area contributed by atoms with Crippen molar-refractivity contribution in [3.05, 3.63) is 77.4 Å². The first kappa shape index (κ1) is 15.8. The van der Waals surface area contributed by atoms with Crippen LogP contribution in [0.4, 0.5) is 18.9 Å². The monoisotopic (exact) mass is 331 g/mol. The molecule has 0 spiro atoms. The normalized spacial score (nSPS) is 10.7. The summed E-state index contributed by atoms with van der Waals surface area (Å²) in [6, 6.07) is 8.11. The van der Waals surface area contributed by atoms with Gasteiger partial charge in [0.05, 0.1) is 17.6 Å². The molecule has 0 aliphatic heterocycles. The number of aryl methyl sites for hydroxylation is 1. The van der Waals surface area contributed by atoms with E-state index in [1.807, 2.05) is 13.1 Å². The van der Waals surface area contributed by atoms with Gasteiger partial charge in [-0.1, -0.05) is 0 Å². The van der Waals surface area contributed by atoms with Gasteiger partial charge in [-0.25, -0.2) is 17.9 Å². The first-order chi connectivity index (χ1) is 11.5. The first-order valence-corrected chi connectivity index (χ1v) is 7.02. The molecule has 1 heterocycles. The fourth-order valence-corrected chi connectivity index (χ4v) is 2.14. The summed E-state index contributed by atoms with van der Waals surface area (Å²) < 4.78 is 41.3. The van der Waals surface area contributed by atoms with Crippen LogP contribution in [0, 0.1) is 24.4 Å². The van der Waals surface area contributed by atoms with Crippen LogP contribution in [0.5, 0.6) is 0 Å². The van der Waals surface area contributed by atoms with Gasteiger partial charge in [0.15, 0.2) is 17.5 Å². The van der Waals surface area contributed by atoms with E-state index in [0.29, 0.717) is 0 Å². The Morgan fingerprint density at radius 1 is 1.04 bits per heavy atom. The second-order valence-corrected chi connectivity index (χ2v) is 5.19. The quantitative estimate of drug-likeness (QED) is 0.741. The van der Waals surface area contributed by atoms with E-state index < -0.39 is 29.0 Å². The van der Waals surface area contributed by atoms with Crippen molar-refractivity contribution in [1.29, 1.82) is 0 Å². The summed E-state index contributed by atoms with van der Waals surface area (Å²) in [5, 5.41) is 6.36. The number of rotatable bonds is 3. The summed E-state index contributed by atoms with van der Waals surface area (Å²) in [6.07, 6.45) is 3.53. The van der Waals surface area contributed by atoms with Gasteiger partial charge >= 0.3 is 0 Å². The Kier molecular flexibility index (Phi) is 4.07. The van der Waals surface area contributed by atoms with Gasteiger partial charge < -0.3 is 5.32 Å². The molecule has 4 nitrogen and oxygen atoms in total. The molecule has 7 heteroatoms. The number of hydrogen-bond donors (Lipinski definition) is 1. The predicted octanol–water partition coefficient (Wildman–Crippen LogP) is 3.85. The van der Waals surface area contributed by atoms with Gasteiger partial charge in [0, 0.05) is 11.8 Å². The van der Waals surface area contributed by atoms with E-state index in [2.05, 4.69) is 10.4 Å². The topological polar surface area (TPSA) is 46.9 Å². The van der Waals surface area contributed by atoms with Crippen molar-refractivity contribution >= 4 is 11.6 Å². The molecule has 1 N–H and O–H groups in total. The lowest BCUT2D eigenvalue weighted by Gasteiger charge is -2.08. The molecule has 24 heavy (non-hydrogen) atoms. The highest BCUT2D eigenvalue weighted by molar-refractivity contribution is 6.04. The largest absolute Gasteiger partial charge is 0.319 e. The number of amides is 1. The standard InChI is InChI=1S/C17H12F3N3O/c1-10-8-21-23(9-10)12-4-2-11(3-5-12)17(24)22-14-7-6-13(18)15(19)16(14)20/h2-9H,1H3,(H,22,24). The fraction of sp³-hybridized carbons (Fsp3) is 0.0588. The third-order valence-electron chi connectivity index (χ3n) is 3.39. The third kappa shape index (κ3) is 3.01. The molecule has 0 bridgehead atoms. The maximum atomic E-state index is 13.6. The van der Waals surface area contributed by atoms with Crippen LogP contribution >= 0.6 is 0 Å². The number of aromatic nitrogens is 2. The molecule has 0 saturated heterocycles. The smallest absolute Gasteiger partial charge is 0.255 e. The van der Waals surface area contributed by atoms with E-state index >= 15 is 0 Å². The summed E-state index contributed by atoms with van der Waals surface area (Å²) in [5.74, 6) is -5.02. The fourth-order valence-electron chi connectivity index (χ4n) is 2.14. The molecule has 0 unspecified atom stereocenters. The summed E-state index contributed by atoms with van der Waals surface area (Å²) in [5.41, 5.74) is 1.56. The molecule has 3 rings (SSSR count). The van der Waals surface area contributed by atoms with Crippen LogP contribution in [0.25, 0.3) is 5.69 Å². The van der Waals surface area contributed by atoms with E-state index in [1.165, 1.54) is 12.1 Å². The van der Waals surface area contributed by atoms with Crippen LogP contribution < -0.4 is 5.32 Å². The van der Waals surface area contributed by atoms with E-state index in [-0.39, 0.29) is 5.56 Å². The number of hydrogen-bond acceptors (Lipinski definition) is 2. The number of nitrogens with one attached hydrogen (secondary N) is 1. The Balaban J connectivity index is 1.80. The number of carbonyl (C=O) groups is 1. The minimum atomic E-state index is -1.63. The van der Waals surface area contributed by atoms with Gasteiger partial charge in [0.25, 0.3) is 5.91 Å². The van der Waals surface area contributed by atoms with Gasteiger partial charge in [-0.15, -0.1) is 0 Å². The number of halogens is 3. The lowest BCUT2D eigenvalue weighted by molar-refractivity contribution is 0.102. The van der Waals surface area contributed by atoms with Crippen LogP contribution in [0.3, 0.4) is 0 Å². The molecule has 0 radical (unpaired) electrons. The average molecular weight is 331 g/mol. The first-order valence-electron chi connectivity index (χ1n) is 7.02. The summed E-state index contributed by atoms with van der Waals surface area (Å²) >= 11 is 0. The highest BCUT2D eigenvalue weighted by Crippen LogP contribution is 2.20. The predicted molar refractivity (Wildman–Crippen MR) is 82.6 cm³/mol. The Hall–Kier alpha value is -3.09. The third-order valence-corrected chi connectivity index (χ3v) is 3.39. The van der Waals surface area contributed by atoms with Gasteiger partial charge in [-0.3, -0.25) is 4.79 Å². The van der Waals surface area contributed by atoms with Gasteiger partial charge in [-0.05, 0) is 48.9 Å². The van der Waals surface area contributed by atoms with E-state index in [0.717, 1.165) is 23.4 Å². The van der Waals surface area contributed by atoms with Crippen LogP contribution in [-0.2, 0) is 0 Å². The van der Waals surface area contributed by atoms with Crippen LogP contribution in [-0.4, -0.2) is 15.7 Å². The van der Waals surface area contributed by atoms with Crippen molar-refractivity contribution in [2.24, 2.45) is 0 Å². The number of anilines is 1. The SMILES string of the molecule is Cc1cnn(-c2ccc(C(=O)Nc3ccc(F)c(F)c3F)cc2)c1. The second kappa shape index (κ2) is 6.19. The van der Waals surface area contributed by atoms with Crippen molar-refractivity contribution < 1.29 is 18.0 Å². The molecular weight excluding hydrogens is 319 g/mol. The molecule has 0 aliphatic rings. The van der Waals surface area contributed by atoms with Crippen molar-refractivity contribution in [1.82, 2.24) is 9.78 Å². The Bertz CT molecular complexity index is 904. The number of carbonyl (C=O) groups excluding carboxylic acids is 1. The van der Waals surface area contributed by atoms with Crippen molar-refractivity contribution in [2.75, 3.05) is 5.32 Å². The van der Waals surface area contributed by atoms with E-state index in [1.54, 1.807) is 23.0 Å². The Labute approximate surface area is 135 Å². The number of benzene rings is 2. The highest BCUT2D eigenvalue weighted by atomic mass is 19.2. The van der Waals surface area contributed by atoms with Crippen molar-refractivity contribution in [2.45, 2.75) is 6.92 Å². The van der Waals surface area contributed by atoms with Gasteiger partial charge in [0.2, 0.25) is 0 Å². The molecule has 0 saturated carbocycles. The maximum absolute atomic E-state index is 13.6. The summed E-state index contributed by atoms with van der Waals surface area (Å²) in [7, 11) is 0. The van der Waals surface area contributed by atoms with Gasteiger partial charge in [-0.2, -0.15) is 5.10 Å². The Morgan fingerprint density at radius 2 is 1.75 bits per heavy atom. The minimum absolute atomic E-state index is 0.242. The van der Waals surface area contributed by atoms with Crippen LogP contribution in [0.15, 0.2) is 48.8 Å². The maximum Gasteiger partial charge on any atom is 0.255 e. The molecular formula is C17H12F3N3O. The van der Waals surface area contributed by atoms with Crippen LogP contribution in [0.1, 0.15) is 15.9 Å². The average Bonchev–Trinajstić information content (AvgIpc) is 3.02. The lowest BCUT2D eigenvalue weighted by Crippen LogP contribution is -2.14. The molecule has 122 valence electrons. The molecule has 1 aromatic heterocycles. The zero-order valence-electron chi connectivity index (χ0n) is 12.6. The zero-order chi connectivity index (χ0) is 17.3. The Morgan fingerprint density at radius 3 is 2.38 bits per heavy atom. The lowest BCUT2D eigenvalue weighted by atomic mass is 10.2. The van der Waals surface area contributed by atoms with Crippen molar-refractivity contribution in [3.8, 4) is 5.69 Å². The van der Waals surface area contributed by atoms with Crippen molar-refractivity contribution in [3.63, 3.8) is 0 Å². The molecule has 0 atom stereocenters. The molecule has 1 amide bonds. The molecule has 0 fully saturated rings. The van der Waals surface area contributed by atoms with E-state index in [9.17, 15) is 18.0 Å². The second-order valence-electron chi connectivity index (χ2n) is 5.19. The number of nitrogens with zero attached hydrogens (tertiary/aromatic N) is 2. The zero-order valence-corrected chi connectivity index (χ0v) is 12.6.